The van der Waals surface area contributed by atoms with Gasteiger partial charge in [-0.1, -0.05) is 27.7 Å². The van der Waals surface area contributed by atoms with E-state index in [1.54, 1.807) is 0 Å². The van der Waals surface area contributed by atoms with E-state index < -0.39 is 8.25 Å². The first-order valence-electron chi connectivity index (χ1n) is 7.52. The molecule has 6 heteroatoms. The quantitative estimate of drug-likeness (QED) is 0.367. The van der Waals surface area contributed by atoms with Gasteiger partial charge in [0, 0.05) is 14.1 Å². The molecule has 120 valence electrons. The topological polar surface area (TPSA) is 35.5 Å². The molecule has 0 bridgehead atoms. The van der Waals surface area contributed by atoms with Crippen LogP contribution in [-0.4, -0.2) is 22.7 Å². The van der Waals surface area contributed by atoms with Crippen LogP contribution < -0.4 is 0 Å². The summed E-state index contributed by atoms with van der Waals surface area (Å²) < 4.78 is 22.0. The Balaban J connectivity index is 3.85. The van der Waals surface area contributed by atoms with E-state index in [1.807, 2.05) is 0 Å². The van der Waals surface area contributed by atoms with Crippen LogP contribution in [0, 0.1) is 0 Å². The van der Waals surface area contributed by atoms with Crippen molar-refractivity contribution in [3.8, 4) is 0 Å². The van der Waals surface area contributed by atoms with Crippen LogP contribution >= 0.6 is 33.5 Å². The molecule has 0 spiro atoms. The molecule has 0 heterocycles. The number of hydrogen-bond donors (Lipinski definition) is 2. The molecule has 0 aromatic carbocycles. The molecule has 0 aromatic heterocycles. The molecule has 0 aliphatic heterocycles. The third-order valence-electron chi connectivity index (χ3n) is 4.16. The monoisotopic (exact) mass is 341 g/mol. The van der Waals surface area contributed by atoms with Crippen molar-refractivity contribution in [2.75, 3.05) is 13.2 Å². The minimum absolute atomic E-state index is 0.0269. The van der Waals surface area contributed by atoms with Crippen LogP contribution in [0.1, 0.15) is 66.2 Å². The van der Waals surface area contributed by atoms with Crippen molar-refractivity contribution in [1.29, 1.82) is 0 Å². The number of thiol groups is 2. The molecule has 0 rings (SSSR count). The second kappa shape index (κ2) is 10.4. The van der Waals surface area contributed by atoms with Crippen molar-refractivity contribution in [3.05, 3.63) is 0 Å². The average Bonchev–Trinajstić information content (AvgIpc) is 2.46. The van der Waals surface area contributed by atoms with E-state index in [-0.39, 0.29) is 9.49 Å². The lowest BCUT2D eigenvalue weighted by atomic mass is 9.99. The van der Waals surface area contributed by atoms with Crippen LogP contribution in [0.15, 0.2) is 0 Å². The summed E-state index contributed by atoms with van der Waals surface area (Å²) in [4.78, 5) is 0. The van der Waals surface area contributed by atoms with Gasteiger partial charge in [-0.2, -0.15) is 25.3 Å². The molecule has 0 radical (unpaired) electrons. The molecule has 0 atom stereocenters. The Morgan fingerprint density at radius 2 is 1.10 bits per heavy atom. The normalized spacial score (nSPS) is 12.7. The minimum atomic E-state index is -2.02. The number of rotatable bonds is 12. The second-order valence-electron chi connectivity index (χ2n) is 5.25. The van der Waals surface area contributed by atoms with Crippen molar-refractivity contribution in [3.63, 3.8) is 0 Å². The molecule has 0 saturated heterocycles. The maximum atomic E-state index is 11.6. The third-order valence-corrected chi connectivity index (χ3v) is 6.66. The maximum Gasteiger partial charge on any atom is 0.697 e. The van der Waals surface area contributed by atoms with E-state index in [9.17, 15) is 4.57 Å². The predicted octanol–water partition coefficient (Wildman–Crippen LogP) is 5.43. The van der Waals surface area contributed by atoms with E-state index in [0.717, 1.165) is 38.5 Å². The van der Waals surface area contributed by atoms with Gasteiger partial charge in [-0.3, -0.25) is 0 Å². The fourth-order valence-corrected chi connectivity index (χ4v) is 2.60. The van der Waals surface area contributed by atoms with Gasteiger partial charge in [-0.25, -0.2) is 0 Å². The van der Waals surface area contributed by atoms with Crippen molar-refractivity contribution in [1.82, 2.24) is 0 Å². The fourth-order valence-electron chi connectivity index (χ4n) is 1.86. The SMILES string of the molecule is CCC(S)(CC)CCO[P+](=O)OCCC(S)(CC)CC. The largest absolute Gasteiger partial charge is 0.697 e. The van der Waals surface area contributed by atoms with E-state index in [1.165, 1.54) is 0 Å². The predicted molar refractivity (Wildman–Crippen MR) is 93.3 cm³/mol. The fraction of sp³-hybridized carbons (Fsp3) is 1.00. The number of hydrogen-bond acceptors (Lipinski definition) is 5. The van der Waals surface area contributed by atoms with Crippen LogP contribution in [0.25, 0.3) is 0 Å². The van der Waals surface area contributed by atoms with Gasteiger partial charge in [-0.05, 0) is 38.5 Å². The van der Waals surface area contributed by atoms with Crippen molar-refractivity contribution >= 4 is 33.5 Å². The first kappa shape index (κ1) is 20.7. The Labute approximate surface area is 136 Å². The summed E-state index contributed by atoms with van der Waals surface area (Å²) >= 11 is 9.26. The molecule has 0 saturated carbocycles. The lowest BCUT2D eigenvalue weighted by molar-refractivity contribution is 0.207. The third kappa shape index (κ3) is 8.23. The van der Waals surface area contributed by atoms with Crippen molar-refractivity contribution in [2.24, 2.45) is 0 Å². The van der Waals surface area contributed by atoms with E-state index in [2.05, 4.69) is 53.0 Å². The summed E-state index contributed by atoms with van der Waals surface area (Å²) in [5.74, 6) is 0. The highest BCUT2D eigenvalue weighted by atomic mass is 32.1. The van der Waals surface area contributed by atoms with Gasteiger partial charge in [0.25, 0.3) is 0 Å². The summed E-state index contributed by atoms with van der Waals surface area (Å²) in [5, 5.41) is 0. The zero-order chi connectivity index (χ0) is 15.6. The van der Waals surface area contributed by atoms with Crippen LogP contribution in [0.5, 0.6) is 0 Å². The zero-order valence-corrected chi connectivity index (χ0v) is 15.9. The van der Waals surface area contributed by atoms with Gasteiger partial charge >= 0.3 is 8.25 Å². The van der Waals surface area contributed by atoms with Gasteiger partial charge < -0.3 is 0 Å². The molecule has 20 heavy (non-hydrogen) atoms. The van der Waals surface area contributed by atoms with Crippen LogP contribution in [0.4, 0.5) is 0 Å². The Kier molecular flexibility index (Phi) is 10.8. The van der Waals surface area contributed by atoms with Gasteiger partial charge in [-0.15, -0.1) is 9.05 Å². The molecule has 0 aromatic rings. The molecule has 0 fully saturated rings. The Hall–Kier alpha value is 0.720. The van der Waals surface area contributed by atoms with Gasteiger partial charge in [0.15, 0.2) is 0 Å². The van der Waals surface area contributed by atoms with Crippen LogP contribution in [0.3, 0.4) is 0 Å². The lowest BCUT2D eigenvalue weighted by Crippen LogP contribution is -2.21. The van der Waals surface area contributed by atoms with Crippen molar-refractivity contribution in [2.45, 2.75) is 75.7 Å². The lowest BCUT2D eigenvalue weighted by Gasteiger charge is -2.24. The Bertz CT molecular complexity index is 254. The van der Waals surface area contributed by atoms with Gasteiger partial charge in [0.1, 0.15) is 13.2 Å². The van der Waals surface area contributed by atoms with Crippen LogP contribution in [-0.2, 0) is 13.6 Å². The second-order valence-corrected chi connectivity index (χ2v) is 8.11. The Morgan fingerprint density at radius 1 is 0.800 bits per heavy atom. The molecule has 0 unspecified atom stereocenters. The molecular weight excluding hydrogens is 311 g/mol. The Morgan fingerprint density at radius 3 is 1.35 bits per heavy atom. The first-order chi connectivity index (χ1) is 9.34. The van der Waals surface area contributed by atoms with Crippen molar-refractivity contribution < 1.29 is 13.6 Å². The highest BCUT2D eigenvalue weighted by Gasteiger charge is 2.27. The molecule has 0 aliphatic carbocycles. The first-order valence-corrected chi connectivity index (χ1v) is 9.51. The van der Waals surface area contributed by atoms with Gasteiger partial charge in [0.2, 0.25) is 0 Å². The highest BCUT2D eigenvalue weighted by Crippen LogP contribution is 2.33. The molecule has 0 aliphatic rings. The standard InChI is InChI=1S/C14H29O3PS2/c1-5-13(19,6-2)9-11-16-18(15)17-12-10-14(20,7-3)8-4/h5-12H2,1-4H3,(H-,19,20)/p+1. The molecule has 0 N–H and O–H groups in total. The maximum absolute atomic E-state index is 11.6. The molecular formula is C14H30O3PS2+. The average molecular weight is 341 g/mol. The molecule has 0 amide bonds. The van der Waals surface area contributed by atoms with E-state index in [0.29, 0.717) is 13.2 Å². The minimum Gasteiger partial charge on any atom is -0.172 e. The van der Waals surface area contributed by atoms with Crippen LogP contribution in [0.2, 0.25) is 0 Å². The summed E-state index contributed by atoms with van der Waals surface area (Å²) in [6.45, 7) is 9.27. The van der Waals surface area contributed by atoms with Gasteiger partial charge in [0.05, 0.1) is 0 Å². The summed E-state index contributed by atoms with van der Waals surface area (Å²) in [5.41, 5.74) is 0. The van der Waals surface area contributed by atoms with E-state index >= 15 is 0 Å². The highest BCUT2D eigenvalue weighted by molar-refractivity contribution is 7.82. The smallest absolute Gasteiger partial charge is 0.172 e. The molecule has 3 nitrogen and oxygen atoms in total. The summed E-state index contributed by atoms with van der Waals surface area (Å²) in [6.07, 6.45) is 5.47. The van der Waals surface area contributed by atoms with E-state index in [4.69, 9.17) is 9.05 Å². The zero-order valence-electron chi connectivity index (χ0n) is 13.2. The summed E-state index contributed by atoms with van der Waals surface area (Å²) in [7, 11) is -2.02. The summed E-state index contributed by atoms with van der Waals surface area (Å²) in [6, 6.07) is 0.